The highest BCUT2D eigenvalue weighted by molar-refractivity contribution is 6.03. The lowest BCUT2D eigenvalue weighted by Gasteiger charge is -2.39. The summed E-state index contributed by atoms with van der Waals surface area (Å²) in [5.41, 5.74) is 10.0. The normalized spacial score (nSPS) is 14.6. The zero-order valence-corrected chi connectivity index (χ0v) is 27.2. The van der Waals surface area contributed by atoms with Crippen molar-refractivity contribution in [2.45, 2.75) is 66.7 Å². The number of hydrogen-bond acceptors (Lipinski definition) is 2. The van der Waals surface area contributed by atoms with Crippen molar-refractivity contribution in [3.05, 3.63) is 130 Å². The zero-order chi connectivity index (χ0) is 31.4. The van der Waals surface area contributed by atoms with Gasteiger partial charge < -0.3 is 9.80 Å². The van der Waals surface area contributed by atoms with Gasteiger partial charge in [-0.2, -0.15) is 0 Å². The van der Waals surface area contributed by atoms with Crippen LogP contribution in [0.3, 0.4) is 0 Å². The van der Waals surface area contributed by atoms with E-state index in [1.807, 2.05) is 12.1 Å². The zero-order valence-electron chi connectivity index (χ0n) is 27.2. The van der Waals surface area contributed by atoms with Crippen molar-refractivity contribution in [2.24, 2.45) is 9.98 Å². The van der Waals surface area contributed by atoms with E-state index in [-0.39, 0.29) is 5.82 Å². The molecule has 1 heterocycles. The van der Waals surface area contributed by atoms with Crippen molar-refractivity contribution < 1.29 is 4.39 Å². The maximum atomic E-state index is 14.1. The van der Waals surface area contributed by atoms with E-state index in [0.717, 1.165) is 64.8 Å². The maximum absolute atomic E-state index is 14.1. The molecule has 5 heteroatoms. The van der Waals surface area contributed by atoms with Gasteiger partial charge in [-0.1, -0.05) is 93.9 Å². The van der Waals surface area contributed by atoms with Crippen LogP contribution in [0.15, 0.2) is 94.9 Å². The molecular weight excluding hydrogens is 543 g/mol. The number of halogens is 1. The van der Waals surface area contributed by atoms with Gasteiger partial charge in [-0.3, -0.25) is 0 Å². The molecule has 4 nitrogen and oxygen atoms in total. The molecule has 5 rings (SSSR count). The molecule has 0 saturated carbocycles. The third kappa shape index (κ3) is 6.93. The Morgan fingerprint density at radius 3 is 1.66 bits per heavy atom. The SMILES string of the molecule is Cc1cc(C)c(N=C(c2ccc(F)cc2)N2CCCN(C(=Nc3c(C(C)C)cccc3C(C)C)c3ccccc3)C2)c(C)c1. The molecular formula is C39H45FN4. The third-order valence-electron chi connectivity index (χ3n) is 8.34. The minimum atomic E-state index is -0.251. The third-order valence-corrected chi connectivity index (χ3v) is 8.34. The number of hydrogen-bond donors (Lipinski definition) is 0. The molecule has 1 fully saturated rings. The van der Waals surface area contributed by atoms with Crippen molar-refractivity contribution in [1.82, 2.24) is 9.80 Å². The summed E-state index contributed by atoms with van der Waals surface area (Å²) in [7, 11) is 0. The molecule has 1 saturated heterocycles. The smallest absolute Gasteiger partial charge is 0.137 e. The second-order valence-electron chi connectivity index (χ2n) is 12.6. The summed E-state index contributed by atoms with van der Waals surface area (Å²) in [5, 5.41) is 0. The Kier molecular flexibility index (Phi) is 9.63. The molecule has 0 unspecified atom stereocenters. The van der Waals surface area contributed by atoms with Crippen molar-refractivity contribution in [3.63, 3.8) is 0 Å². The number of para-hydroxylation sites is 1. The Morgan fingerprint density at radius 2 is 1.14 bits per heavy atom. The van der Waals surface area contributed by atoms with Gasteiger partial charge in [0.05, 0.1) is 18.0 Å². The van der Waals surface area contributed by atoms with Crippen LogP contribution in [0.5, 0.6) is 0 Å². The van der Waals surface area contributed by atoms with E-state index < -0.39 is 0 Å². The first-order valence-corrected chi connectivity index (χ1v) is 15.8. The molecule has 0 spiro atoms. The van der Waals surface area contributed by atoms with Crippen LogP contribution in [0.25, 0.3) is 0 Å². The number of rotatable bonds is 6. The molecule has 44 heavy (non-hydrogen) atoms. The van der Waals surface area contributed by atoms with Crippen molar-refractivity contribution in [2.75, 3.05) is 19.8 Å². The van der Waals surface area contributed by atoms with Crippen LogP contribution in [0.2, 0.25) is 0 Å². The number of nitrogens with zero attached hydrogens (tertiary/aromatic N) is 4. The van der Waals surface area contributed by atoms with Crippen molar-refractivity contribution >= 4 is 23.0 Å². The molecule has 1 aliphatic rings. The van der Waals surface area contributed by atoms with E-state index >= 15 is 0 Å². The predicted molar refractivity (Wildman–Crippen MR) is 183 cm³/mol. The lowest BCUT2D eigenvalue weighted by atomic mass is 9.93. The first-order chi connectivity index (χ1) is 21.1. The standard InChI is InChI=1S/C39H45FN4/c1-26(2)34-15-11-16-35(27(3)4)37(34)42-38(31-13-9-8-10-14-31)43-21-12-22-44(25-43)39(32-17-19-33(40)20-18-32)41-36-29(6)23-28(5)24-30(36)7/h8-11,13-20,23-24,26-27H,12,21-22,25H2,1-7H3. The molecule has 1 aliphatic heterocycles. The highest BCUT2D eigenvalue weighted by atomic mass is 19.1. The Hall–Kier alpha value is -4.25. The summed E-state index contributed by atoms with van der Waals surface area (Å²) in [5.74, 6) is 2.26. The van der Waals surface area contributed by atoms with Crippen LogP contribution >= 0.6 is 0 Å². The molecule has 0 bridgehead atoms. The highest BCUT2D eigenvalue weighted by Crippen LogP contribution is 2.36. The van der Waals surface area contributed by atoms with Gasteiger partial charge in [0.2, 0.25) is 0 Å². The van der Waals surface area contributed by atoms with Gasteiger partial charge in [0.15, 0.2) is 0 Å². The van der Waals surface area contributed by atoms with Gasteiger partial charge in [-0.15, -0.1) is 0 Å². The lowest BCUT2D eigenvalue weighted by Crippen LogP contribution is -2.50. The summed E-state index contributed by atoms with van der Waals surface area (Å²) in [6, 6.07) is 28.2. The first-order valence-electron chi connectivity index (χ1n) is 15.8. The monoisotopic (exact) mass is 588 g/mol. The summed E-state index contributed by atoms with van der Waals surface area (Å²) in [4.78, 5) is 15.5. The molecule has 228 valence electrons. The summed E-state index contributed by atoms with van der Waals surface area (Å²) >= 11 is 0. The van der Waals surface area contributed by atoms with Crippen LogP contribution < -0.4 is 0 Å². The molecule has 0 amide bonds. The van der Waals surface area contributed by atoms with Crippen LogP contribution in [0.4, 0.5) is 15.8 Å². The predicted octanol–water partition coefficient (Wildman–Crippen LogP) is 9.82. The summed E-state index contributed by atoms with van der Waals surface area (Å²) in [6.45, 7) is 17.6. The minimum Gasteiger partial charge on any atom is -0.338 e. The second-order valence-corrected chi connectivity index (χ2v) is 12.6. The molecule has 0 aromatic heterocycles. The molecule has 0 atom stereocenters. The van der Waals surface area contributed by atoms with Crippen LogP contribution in [-0.2, 0) is 0 Å². The van der Waals surface area contributed by atoms with Gasteiger partial charge in [0, 0.05) is 24.2 Å². The lowest BCUT2D eigenvalue weighted by molar-refractivity contribution is 0.214. The fraction of sp³-hybridized carbons (Fsp3) is 0.333. The number of benzene rings is 4. The Morgan fingerprint density at radius 1 is 0.636 bits per heavy atom. The van der Waals surface area contributed by atoms with Crippen LogP contribution in [0, 0.1) is 26.6 Å². The van der Waals surface area contributed by atoms with E-state index in [4.69, 9.17) is 9.98 Å². The maximum Gasteiger partial charge on any atom is 0.137 e. The van der Waals surface area contributed by atoms with E-state index in [1.165, 1.54) is 28.8 Å². The Bertz CT molecular complexity index is 1600. The fourth-order valence-electron chi connectivity index (χ4n) is 6.17. The minimum absolute atomic E-state index is 0.251. The number of amidine groups is 2. The van der Waals surface area contributed by atoms with E-state index in [0.29, 0.717) is 18.5 Å². The molecule has 0 N–H and O–H groups in total. The number of aryl methyl sites for hydroxylation is 3. The molecule has 0 radical (unpaired) electrons. The van der Waals surface area contributed by atoms with Gasteiger partial charge in [0.1, 0.15) is 17.5 Å². The second kappa shape index (κ2) is 13.6. The summed E-state index contributed by atoms with van der Waals surface area (Å²) in [6.07, 6.45) is 0.945. The van der Waals surface area contributed by atoms with Crippen molar-refractivity contribution in [3.8, 4) is 0 Å². The molecule has 4 aromatic carbocycles. The van der Waals surface area contributed by atoms with E-state index in [9.17, 15) is 4.39 Å². The first kappa shape index (κ1) is 31.2. The quantitative estimate of drug-likeness (QED) is 0.166. The van der Waals surface area contributed by atoms with E-state index in [2.05, 4.69) is 119 Å². The van der Waals surface area contributed by atoms with Crippen LogP contribution in [0.1, 0.15) is 84.9 Å². The van der Waals surface area contributed by atoms with Gasteiger partial charge in [-0.25, -0.2) is 14.4 Å². The average Bonchev–Trinajstić information content (AvgIpc) is 3.00. The topological polar surface area (TPSA) is 31.2 Å². The fourth-order valence-corrected chi connectivity index (χ4v) is 6.17. The van der Waals surface area contributed by atoms with Gasteiger partial charge >= 0.3 is 0 Å². The molecule has 4 aromatic rings. The Labute approximate surface area is 263 Å². The number of aliphatic imine (C=N–C) groups is 2. The average molecular weight is 589 g/mol. The Balaban J connectivity index is 1.63. The largest absolute Gasteiger partial charge is 0.338 e. The summed E-state index contributed by atoms with van der Waals surface area (Å²) < 4.78 is 14.1. The highest BCUT2D eigenvalue weighted by Gasteiger charge is 2.26. The van der Waals surface area contributed by atoms with Gasteiger partial charge in [0.25, 0.3) is 0 Å². The van der Waals surface area contributed by atoms with Gasteiger partial charge in [-0.05, 0) is 85.5 Å². The van der Waals surface area contributed by atoms with Crippen LogP contribution in [-0.4, -0.2) is 41.2 Å². The van der Waals surface area contributed by atoms with Crippen molar-refractivity contribution in [1.29, 1.82) is 0 Å². The molecule has 0 aliphatic carbocycles. The van der Waals surface area contributed by atoms with E-state index in [1.54, 1.807) is 0 Å².